The Balaban J connectivity index is 1.64. The minimum absolute atomic E-state index is 0.168. The van der Waals surface area contributed by atoms with Crippen molar-refractivity contribution in [2.24, 2.45) is 0 Å². The molecule has 0 aliphatic carbocycles. The number of esters is 1. The Kier molecular flexibility index (Phi) is 6.87. The van der Waals surface area contributed by atoms with Gasteiger partial charge in [-0.15, -0.1) is 0 Å². The molecule has 3 rings (SSSR count). The molecule has 0 saturated carbocycles. The Labute approximate surface area is 175 Å². The Bertz CT molecular complexity index is 999. The Morgan fingerprint density at radius 3 is 2.47 bits per heavy atom. The molecular weight excluding hydrogens is 382 g/mol. The molecule has 0 amide bonds. The quantitative estimate of drug-likeness (QED) is 0.308. The van der Waals surface area contributed by atoms with Gasteiger partial charge in [-0.1, -0.05) is 38.1 Å². The van der Waals surface area contributed by atoms with Crippen LogP contribution in [0.4, 0.5) is 0 Å². The number of carbonyl (C=O) groups excluding carboxylic acids is 2. The van der Waals surface area contributed by atoms with E-state index in [1.165, 1.54) is 6.08 Å². The highest BCUT2D eigenvalue weighted by molar-refractivity contribution is 6.02. The van der Waals surface area contributed by atoms with E-state index in [1.54, 1.807) is 18.2 Å². The number of fused-ring (bicyclic) bond motifs is 1. The smallest absolute Gasteiger partial charge is 0.349 e. The van der Waals surface area contributed by atoms with Crippen LogP contribution in [-0.4, -0.2) is 31.6 Å². The summed E-state index contributed by atoms with van der Waals surface area (Å²) in [7, 11) is 0. The van der Waals surface area contributed by atoms with Gasteiger partial charge in [0.15, 0.2) is 23.9 Å². The van der Waals surface area contributed by atoms with Crippen LogP contribution in [0.25, 0.3) is 6.08 Å². The first-order chi connectivity index (χ1) is 14.5. The summed E-state index contributed by atoms with van der Waals surface area (Å²) in [4.78, 5) is 24.7. The second-order valence-corrected chi connectivity index (χ2v) is 7.20. The highest BCUT2D eigenvalue weighted by Crippen LogP contribution is 2.30. The van der Waals surface area contributed by atoms with Crippen LogP contribution in [0.15, 0.2) is 48.0 Å². The fraction of sp³-hybridized carbons (Fsp3) is 0.292. The largest absolute Gasteiger partial charge is 0.490 e. The van der Waals surface area contributed by atoms with Gasteiger partial charge >= 0.3 is 5.97 Å². The van der Waals surface area contributed by atoms with Crippen LogP contribution in [0.1, 0.15) is 47.7 Å². The third-order valence-electron chi connectivity index (χ3n) is 4.66. The number of nitrogens with zero attached hydrogens (tertiary/aromatic N) is 1. The van der Waals surface area contributed by atoms with Gasteiger partial charge in [0.25, 0.3) is 0 Å². The van der Waals surface area contributed by atoms with Crippen molar-refractivity contribution in [3.63, 3.8) is 0 Å². The van der Waals surface area contributed by atoms with Crippen molar-refractivity contribution in [3.05, 3.63) is 64.7 Å². The molecule has 6 heteroatoms. The zero-order valence-corrected chi connectivity index (χ0v) is 17.0. The van der Waals surface area contributed by atoms with E-state index in [9.17, 15) is 14.9 Å². The molecule has 0 fully saturated rings. The maximum absolute atomic E-state index is 12.4. The third kappa shape index (κ3) is 5.26. The average Bonchev–Trinajstić information content (AvgIpc) is 3.00. The summed E-state index contributed by atoms with van der Waals surface area (Å²) in [5, 5.41) is 9.31. The lowest BCUT2D eigenvalue weighted by molar-refractivity contribution is -0.137. The van der Waals surface area contributed by atoms with E-state index in [-0.39, 0.29) is 5.57 Å². The number of nitriles is 1. The molecule has 1 aliphatic heterocycles. The van der Waals surface area contributed by atoms with Crippen LogP contribution in [0.3, 0.4) is 0 Å². The van der Waals surface area contributed by atoms with Crippen molar-refractivity contribution in [3.8, 4) is 17.6 Å². The first kappa shape index (κ1) is 21.1. The predicted molar refractivity (Wildman–Crippen MR) is 111 cm³/mol. The van der Waals surface area contributed by atoms with Crippen molar-refractivity contribution in [2.75, 3.05) is 19.8 Å². The first-order valence-corrected chi connectivity index (χ1v) is 9.79. The van der Waals surface area contributed by atoms with Crippen LogP contribution in [-0.2, 0) is 9.53 Å². The molecule has 1 heterocycles. The zero-order chi connectivity index (χ0) is 21.5. The summed E-state index contributed by atoms with van der Waals surface area (Å²) in [6.45, 7) is 4.77. The summed E-state index contributed by atoms with van der Waals surface area (Å²) >= 11 is 0. The second kappa shape index (κ2) is 9.75. The molecule has 2 aromatic carbocycles. The number of rotatable bonds is 6. The van der Waals surface area contributed by atoms with Crippen LogP contribution >= 0.6 is 0 Å². The number of benzene rings is 2. The first-order valence-electron chi connectivity index (χ1n) is 9.79. The van der Waals surface area contributed by atoms with Crippen molar-refractivity contribution in [1.29, 1.82) is 5.26 Å². The maximum Gasteiger partial charge on any atom is 0.349 e. The summed E-state index contributed by atoms with van der Waals surface area (Å²) < 4.78 is 16.2. The predicted octanol–water partition coefficient (Wildman–Crippen LogP) is 4.30. The number of ether oxygens (including phenoxy) is 3. The molecule has 0 N–H and O–H groups in total. The van der Waals surface area contributed by atoms with Gasteiger partial charge in [0.1, 0.15) is 11.6 Å². The molecule has 0 spiro atoms. The molecule has 0 radical (unpaired) electrons. The molecule has 0 unspecified atom stereocenters. The monoisotopic (exact) mass is 405 g/mol. The molecule has 0 saturated heterocycles. The van der Waals surface area contributed by atoms with Crippen molar-refractivity contribution < 1.29 is 23.8 Å². The van der Waals surface area contributed by atoms with Gasteiger partial charge in [0.2, 0.25) is 0 Å². The average molecular weight is 405 g/mol. The lowest BCUT2D eigenvalue weighted by Gasteiger charge is -2.09. The van der Waals surface area contributed by atoms with E-state index in [4.69, 9.17) is 14.2 Å². The van der Waals surface area contributed by atoms with Gasteiger partial charge in [-0.3, -0.25) is 4.79 Å². The Morgan fingerprint density at radius 2 is 1.80 bits per heavy atom. The lowest BCUT2D eigenvalue weighted by Crippen LogP contribution is -2.15. The van der Waals surface area contributed by atoms with Gasteiger partial charge in [0.05, 0.1) is 13.2 Å². The highest BCUT2D eigenvalue weighted by atomic mass is 16.5. The minimum Gasteiger partial charge on any atom is -0.490 e. The summed E-state index contributed by atoms with van der Waals surface area (Å²) in [5.41, 5.74) is 2.05. The maximum atomic E-state index is 12.4. The SMILES string of the molecule is CC(C)c1ccc(/C=C(\C#N)C(=O)OCC(=O)c2ccc3c(c2)OCCCO3)cc1. The molecular formula is C24H23NO5. The van der Waals surface area contributed by atoms with Gasteiger partial charge in [-0.05, 0) is 41.3 Å². The van der Waals surface area contributed by atoms with Crippen LogP contribution in [0, 0.1) is 11.3 Å². The van der Waals surface area contributed by atoms with E-state index in [1.807, 2.05) is 30.3 Å². The fourth-order valence-electron chi connectivity index (χ4n) is 2.91. The molecule has 1 aliphatic rings. The number of hydrogen-bond acceptors (Lipinski definition) is 6. The third-order valence-corrected chi connectivity index (χ3v) is 4.66. The summed E-state index contributed by atoms with van der Waals surface area (Å²) in [5.74, 6) is 0.233. The molecule has 154 valence electrons. The Morgan fingerprint density at radius 1 is 1.10 bits per heavy atom. The van der Waals surface area contributed by atoms with Crippen molar-refractivity contribution in [2.45, 2.75) is 26.2 Å². The summed E-state index contributed by atoms with van der Waals surface area (Å²) in [6, 6.07) is 14.2. The van der Waals surface area contributed by atoms with E-state index in [0.717, 1.165) is 12.0 Å². The molecule has 0 atom stereocenters. The molecule has 6 nitrogen and oxygen atoms in total. The number of ketones is 1. The molecule has 0 aromatic heterocycles. The number of hydrogen-bond donors (Lipinski definition) is 0. The van der Waals surface area contributed by atoms with Gasteiger partial charge in [-0.25, -0.2) is 4.79 Å². The number of Topliss-reactive ketones (excluding diaryl/α,β-unsaturated/α-hetero) is 1. The van der Waals surface area contributed by atoms with E-state index >= 15 is 0 Å². The normalized spacial score (nSPS) is 13.3. The van der Waals surface area contributed by atoms with Crippen molar-refractivity contribution >= 4 is 17.8 Å². The van der Waals surface area contributed by atoms with Crippen molar-refractivity contribution in [1.82, 2.24) is 0 Å². The van der Waals surface area contributed by atoms with E-state index < -0.39 is 18.4 Å². The van der Waals surface area contributed by atoms with Gasteiger partial charge in [0, 0.05) is 12.0 Å². The topological polar surface area (TPSA) is 85.6 Å². The highest BCUT2D eigenvalue weighted by Gasteiger charge is 2.17. The molecule has 0 bridgehead atoms. The fourth-order valence-corrected chi connectivity index (χ4v) is 2.91. The van der Waals surface area contributed by atoms with Crippen LogP contribution < -0.4 is 9.47 Å². The van der Waals surface area contributed by atoms with E-state index in [0.29, 0.717) is 41.8 Å². The summed E-state index contributed by atoms with van der Waals surface area (Å²) in [6.07, 6.45) is 2.21. The Hall–Kier alpha value is -3.59. The van der Waals surface area contributed by atoms with Crippen LogP contribution in [0.2, 0.25) is 0 Å². The second-order valence-electron chi connectivity index (χ2n) is 7.20. The minimum atomic E-state index is -0.840. The standard InChI is InChI=1S/C24H23NO5/c1-16(2)18-6-4-17(5-7-18)12-20(14-25)24(27)30-15-21(26)19-8-9-22-23(13-19)29-11-3-10-28-22/h4-9,12-13,16H,3,10-11,15H2,1-2H3/b20-12+. The van der Waals surface area contributed by atoms with Crippen LogP contribution in [0.5, 0.6) is 11.5 Å². The molecule has 30 heavy (non-hydrogen) atoms. The molecule has 2 aromatic rings. The van der Waals surface area contributed by atoms with Gasteiger partial charge < -0.3 is 14.2 Å². The zero-order valence-electron chi connectivity index (χ0n) is 17.0. The number of carbonyl (C=O) groups is 2. The lowest BCUT2D eigenvalue weighted by atomic mass is 10.0. The van der Waals surface area contributed by atoms with Gasteiger partial charge in [-0.2, -0.15) is 5.26 Å². The van der Waals surface area contributed by atoms with E-state index in [2.05, 4.69) is 13.8 Å².